The Morgan fingerprint density at radius 1 is 1.56 bits per heavy atom. The summed E-state index contributed by atoms with van der Waals surface area (Å²) in [6.45, 7) is 4.44. The number of thiazole rings is 1. The number of imidazole rings is 1. The molecule has 1 saturated carbocycles. The van der Waals surface area contributed by atoms with Crippen LogP contribution in [0.15, 0.2) is 11.6 Å². The van der Waals surface area contributed by atoms with Gasteiger partial charge in [-0.1, -0.05) is 6.92 Å². The van der Waals surface area contributed by atoms with Crippen LogP contribution in [0.1, 0.15) is 31.9 Å². The van der Waals surface area contributed by atoms with Crippen molar-refractivity contribution >= 4 is 33.7 Å². The van der Waals surface area contributed by atoms with Crippen LogP contribution in [0, 0.1) is 5.92 Å². The summed E-state index contributed by atoms with van der Waals surface area (Å²) < 4.78 is 2.13. The molecule has 3 rings (SSSR count). The number of rotatable bonds is 6. The zero-order chi connectivity index (χ0) is 12.5. The minimum absolute atomic E-state index is 0.526. The van der Waals surface area contributed by atoms with E-state index >= 15 is 0 Å². The summed E-state index contributed by atoms with van der Waals surface area (Å²) in [5, 5.41) is 2.06. The Morgan fingerprint density at radius 3 is 3.06 bits per heavy atom. The van der Waals surface area contributed by atoms with Gasteiger partial charge in [-0.15, -0.1) is 22.9 Å². The Kier molecular flexibility index (Phi) is 3.48. The standard InChI is InChI=1S/C13H18ClN3S/c1-2-5-16(9-10-3-4-10)12-11(8-14)17-6-7-18-13(17)15-12/h6-7,10H,2-5,8-9H2,1H3. The van der Waals surface area contributed by atoms with Crippen molar-refractivity contribution in [3.8, 4) is 0 Å². The fourth-order valence-electron chi connectivity index (χ4n) is 2.36. The molecule has 0 bridgehead atoms. The Morgan fingerprint density at radius 2 is 2.39 bits per heavy atom. The molecule has 3 nitrogen and oxygen atoms in total. The van der Waals surface area contributed by atoms with Crippen molar-refractivity contribution in [1.29, 1.82) is 0 Å². The van der Waals surface area contributed by atoms with E-state index in [0.29, 0.717) is 5.88 Å². The van der Waals surface area contributed by atoms with Gasteiger partial charge in [0.15, 0.2) is 10.8 Å². The fourth-order valence-corrected chi connectivity index (χ4v) is 3.34. The summed E-state index contributed by atoms with van der Waals surface area (Å²) in [7, 11) is 0. The molecule has 18 heavy (non-hydrogen) atoms. The average molecular weight is 284 g/mol. The molecule has 0 atom stereocenters. The van der Waals surface area contributed by atoms with Gasteiger partial charge in [0, 0.05) is 24.7 Å². The molecule has 98 valence electrons. The number of alkyl halides is 1. The van der Waals surface area contributed by atoms with Crippen molar-refractivity contribution in [3.05, 3.63) is 17.3 Å². The van der Waals surface area contributed by atoms with Crippen LogP contribution in [0.25, 0.3) is 4.96 Å². The highest BCUT2D eigenvalue weighted by atomic mass is 35.5. The third-order valence-corrected chi connectivity index (χ3v) is 4.44. The van der Waals surface area contributed by atoms with Crippen molar-refractivity contribution in [2.75, 3.05) is 18.0 Å². The lowest BCUT2D eigenvalue weighted by Crippen LogP contribution is -2.27. The maximum atomic E-state index is 6.12. The van der Waals surface area contributed by atoms with Gasteiger partial charge in [-0.05, 0) is 25.2 Å². The Bertz CT molecular complexity index is 529. The lowest BCUT2D eigenvalue weighted by molar-refractivity contribution is 0.698. The van der Waals surface area contributed by atoms with E-state index in [1.54, 1.807) is 11.3 Å². The summed E-state index contributed by atoms with van der Waals surface area (Å²) in [6, 6.07) is 0. The quantitative estimate of drug-likeness (QED) is 0.753. The number of hydrogen-bond donors (Lipinski definition) is 0. The smallest absolute Gasteiger partial charge is 0.195 e. The Hall–Kier alpha value is -0.740. The molecule has 2 heterocycles. The fraction of sp³-hybridized carbons (Fsp3) is 0.615. The molecule has 1 fully saturated rings. The first-order valence-corrected chi connectivity index (χ1v) is 8.00. The number of nitrogens with zero attached hydrogens (tertiary/aromatic N) is 3. The minimum Gasteiger partial charge on any atom is -0.355 e. The molecule has 0 saturated heterocycles. The first kappa shape index (κ1) is 12.3. The molecule has 2 aromatic rings. The second-order valence-electron chi connectivity index (χ2n) is 4.96. The van der Waals surface area contributed by atoms with Crippen molar-refractivity contribution in [1.82, 2.24) is 9.38 Å². The van der Waals surface area contributed by atoms with E-state index < -0.39 is 0 Å². The van der Waals surface area contributed by atoms with Gasteiger partial charge < -0.3 is 4.90 Å². The summed E-state index contributed by atoms with van der Waals surface area (Å²) in [4.78, 5) is 8.25. The average Bonchev–Trinajstić information content (AvgIpc) is 2.94. The zero-order valence-electron chi connectivity index (χ0n) is 10.6. The highest BCUT2D eigenvalue weighted by Gasteiger charge is 2.27. The maximum absolute atomic E-state index is 6.12. The molecule has 0 N–H and O–H groups in total. The maximum Gasteiger partial charge on any atom is 0.195 e. The van der Waals surface area contributed by atoms with E-state index in [1.807, 2.05) is 0 Å². The number of aromatic nitrogens is 2. The van der Waals surface area contributed by atoms with Crippen molar-refractivity contribution in [2.24, 2.45) is 5.92 Å². The number of fused-ring (bicyclic) bond motifs is 1. The van der Waals surface area contributed by atoms with Crippen LogP contribution in [0.5, 0.6) is 0 Å². The minimum atomic E-state index is 0.526. The van der Waals surface area contributed by atoms with Crippen molar-refractivity contribution < 1.29 is 0 Å². The van der Waals surface area contributed by atoms with E-state index in [2.05, 4.69) is 27.8 Å². The van der Waals surface area contributed by atoms with Gasteiger partial charge in [-0.3, -0.25) is 4.40 Å². The van der Waals surface area contributed by atoms with E-state index in [4.69, 9.17) is 16.6 Å². The highest BCUT2D eigenvalue weighted by Crippen LogP contribution is 2.33. The molecule has 0 spiro atoms. The Labute approximate surface area is 116 Å². The third kappa shape index (κ3) is 2.24. The van der Waals surface area contributed by atoms with E-state index in [-0.39, 0.29) is 0 Å². The van der Waals surface area contributed by atoms with Gasteiger partial charge in [0.25, 0.3) is 0 Å². The van der Waals surface area contributed by atoms with Crippen LogP contribution >= 0.6 is 22.9 Å². The molecule has 2 aromatic heterocycles. The number of hydrogen-bond acceptors (Lipinski definition) is 3. The zero-order valence-corrected chi connectivity index (χ0v) is 12.2. The molecular weight excluding hydrogens is 266 g/mol. The first-order valence-electron chi connectivity index (χ1n) is 6.58. The Balaban J connectivity index is 1.95. The summed E-state index contributed by atoms with van der Waals surface area (Å²) in [5.41, 5.74) is 1.14. The van der Waals surface area contributed by atoms with E-state index in [9.17, 15) is 0 Å². The molecule has 0 aliphatic heterocycles. The SMILES string of the molecule is CCCN(CC1CC1)c1nc2sccn2c1CCl. The van der Waals surface area contributed by atoms with Crippen LogP contribution < -0.4 is 4.90 Å². The molecular formula is C13H18ClN3S. The largest absolute Gasteiger partial charge is 0.355 e. The van der Waals surface area contributed by atoms with Crippen LogP contribution in [0.3, 0.4) is 0 Å². The third-order valence-electron chi connectivity index (χ3n) is 3.44. The van der Waals surface area contributed by atoms with E-state index in [0.717, 1.165) is 41.9 Å². The molecule has 0 aromatic carbocycles. The predicted octanol–water partition coefficient (Wildman–Crippen LogP) is 3.76. The van der Waals surface area contributed by atoms with Crippen LogP contribution in [0.4, 0.5) is 5.82 Å². The second-order valence-corrected chi connectivity index (χ2v) is 6.10. The molecule has 0 unspecified atom stereocenters. The molecule has 1 aliphatic rings. The van der Waals surface area contributed by atoms with Gasteiger partial charge >= 0.3 is 0 Å². The van der Waals surface area contributed by atoms with Crippen molar-refractivity contribution in [3.63, 3.8) is 0 Å². The monoisotopic (exact) mass is 283 g/mol. The summed E-state index contributed by atoms with van der Waals surface area (Å²) in [6.07, 6.45) is 5.96. The predicted molar refractivity (Wildman–Crippen MR) is 77.9 cm³/mol. The lowest BCUT2D eigenvalue weighted by atomic mass is 10.3. The first-order chi connectivity index (χ1) is 8.83. The van der Waals surface area contributed by atoms with Gasteiger partial charge in [0.1, 0.15) is 0 Å². The molecule has 1 aliphatic carbocycles. The molecule has 0 radical (unpaired) electrons. The summed E-state index contributed by atoms with van der Waals surface area (Å²) in [5.74, 6) is 2.50. The molecule has 0 amide bonds. The van der Waals surface area contributed by atoms with Crippen LogP contribution in [-0.2, 0) is 5.88 Å². The highest BCUT2D eigenvalue weighted by molar-refractivity contribution is 7.15. The van der Waals surface area contributed by atoms with Crippen LogP contribution in [0.2, 0.25) is 0 Å². The van der Waals surface area contributed by atoms with Gasteiger partial charge in [0.2, 0.25) is 0 Å². The molecule has 5 heteroatoms. The van der Waals surface area contributed by atoms with Gasteiger partial charge in [-0.25, -0.2) is 4.98 Å². The van der Waals surface area contributed by atoms with Gasteiger partial charge in [-0.2, -0.15) is 0 Å². The number of halogens is 1. The van der Waals surface area contributed by atoms with Crippen LogP contribution in [-0.4, -0.2) is 22.5 Å². The normalized spacial score (nSPS) is 15.4. The van der Waals surface area contributed by atoms with E-state index in [1.165, 1.54) is 12.8 Å². The topological polar surface area (TPSA) is 20.5 Å². The number of anilines is 1. The second kappa shape index (κ2) is 5.10. The van der Waals surface area contributed by atoms with Gasteiger partial charge in [0.05, 0.1) is 11.6 Å². The summed E-state index contributed by atoms with van der Waals surface area (Å²) >= 11 is 7.80. The lowest BCUT2D eigenvalue weighted by Gasteiger charge is -2.22. The van der Waals surface area contributed by atoms with Crippen molar-refractivity contribution in [2.45, 2.75) is 32.1 Å².